The fraction of sp³-hybridized carbons (Fsp3) is 0.211. The summed E-state index contributed by atoms with van der Waals surface area (Å²) in [5.74, 6) is 7.39. The Morgan fingerprint density at radius 1 is 1.20 bits per heavy atom. The number of fused-ring (bicyclic) bond motifs is 1. The normalized spacial score (nSPS) is 10.8. The number of nitriles is 1. The molecule has 0 aliphatic rings. The van der Waals surface area contributed by atoms with E-state index in [-0.39, 0.29) is 5.41 Å². The van der Waals surface area contributed by atoms with Crippen molar-refractivity contribution in [3.8, 4) is 29.2 Å². The Bertz CT molecular complexity index is 1040. The number of hydrogen-bond donors (Lipinski definition) is 3. The summed E-state index contributed by atoms with van der Waals surface area (Å²) in [5.41, 5.74) is 9.37. The van der Waals surface area contributed by atoms with Crippen LogP contribution < -0.4 is 11.1 Å². The van der Waals surface area contributed by atoms with Crippen LogP contribution in [0.2, 0.25) is 0 Å². The highest BCUT2D eigenvalue weighted by molar-refractivity contribution is 5.96. The lowest BCUT2D eigenvalue weighted by Crippen LogP contribution is -1.99. The number of hydrogen-bond acceptors (Lipinski definition) is 5. The third-order valence-corrected chi connectivity index (χ3v) is 3.55. The standard InChI is InChI=1S/C19H18N6/c1-19(2,3)6-4-13-8-14(9-15-17(13)24-25-18(15)21)12-5-7-22-16(10-12)23-11-20/h5,7-10H,1-3H3,(H,22,23)(H3,21,24,25). The van der Waals surface area contributed by atoms with Gasteiger partial charge in [0.15, 0.2) is 12.0 Å². The van der Waals surface area contributed by atoms with Crippen LogP contribution in [0.25, 0.3) is 22.0 Å². The molecule has 0 aliphatic carbocycles. The van der Waals surface area contributed by atoms with E-state index in [9.17, 15) is 0 Å². The van der Waals surface area contributed by atoms with Crippen molar-refractivity contribution >= 4 is 22.5 Å². The SMILES string of the molecule is CC(C)(C)C#Cc1cc(-c2ccnc(NC#N)c2)cc2c(N)n[nH]c12. The molecule has 0 fully saturated rings. The molecule has 124 valence electrons. The van der Waals surface area contributed by atoms with Crippen molar-refractivity contribution in [1.82, 2.24) is 15.2 Å². The van der Waals surface area contributed by atoms with Crippen LogP contribution in [0.15, 0.2) is 30.5 Å². The molecule has 0 saturated heterocycles. The lowest BCUT2D eigenvalue weighted by molar-refractivity contribution is 0.571. The van der Waals surface area contributed by atoms with E-state index in [1.165, 1.54) is 0 Å². The monoisotopic (exact) mass is 330 g/mol. The topological polar surface area (TPSA) is 103 Å². The molecule has 3 aromatic rings. The number of pyridine rings is 1. The Kier molecular flexibility index (Phi) is 4.04. The molecule has 0 amide bonds. The Morgan fingerprint density at radius 3 is 2.72 bits per heavy atom. The molecule has 0 spiro atoms. The second kappa shape index (κ2) is 6.18. The Labute approximate surface area is 146 Å². The zero-order chi connectivity index (χ0) is 18.0. The zero-order valence-corrected chi connectivity index (χ0v) is 14.3. The van der Waals surface area contributed by atoms with Crippen molar-refractivity contribution in [2.24, 2.45) is 5.41 Å². The molecule has 4 N–H and O–H groups in total. The average molecular weight is 330 g/mol. The highest BCUT2D eigenvalue weighted by Crippen LogP contribution is 2.30. The summed E-state index contributed by atoms with van der Waals surface area (Å²) in [5, 5.41) is 19.2. The fourth-order valence-electron chi connectivity index (χ4n) is 2.40. The van der Waals surface area contributed by atoms with Gasteiger partial charge >= 0.3 is 0 Å². The van der Waals surface area contributed by atoms with Crippen molar-refractivity contribution in [1.29, 1.82) is 5.26 Å². The van der Waals surface area contributed by atoms with Crippen molar-refractivity contribution in [3.63, 3.8) is 0 Å². The van der Waals surface area contributed by atoms with Gasteiger partial charge in [-0.2, -0.15) is 10.4 Å². The van der Waals surface area contributed by atoms with Gasteiger partial charge in [-0.15, -0.1) is 0 Å². The van der Waals surface area contributed by atoms with Crippen LogP contribution in [-0.4, -0.2) is 15.2 Å². The number of rotatable bonds is 2. The summed E-state index contributed by atoms with van der Waals surface area (Å²) in [6, 6.07) is 7.63. The minimum atomic E-state index is -0.117. The minimum Gasteiger partial charge on any atom is -0.382 e. The van der Waals surface area contributed by atoms with E-state index in [2.05, 4.69) is 53.1 Å². The Hall–Kier alpha value is -3.51. The summed E-state index contributed by atoms with van der Waals surface area (Å²) in [7, 11) is 0. The summed E-state index contributed by atoms with van der Waals surface area (Å²) in [6.07, 6.45) is 3.53. The molecular weight excluding hydrogens is 312 g/mol. The molecule has 3 rings (SSSR count). The van der Waals surface area contributed by atoms with Gasteiger partial charge < -0.3 is 5.73 Å². The molecule has 0 atom stereocenters. The number of aromatic amines is 1. The molecule has 6 nitrogen and oxygen atoms in total. The summed E-state index contributed by atoms with van der Waals surface area (Å²) >= 11 is 0. The molecule has 0 saturated carbocycles. The number of nitrogen functional groups attached to an aromatic ring is 1. The smallest absolute Gasteiger partial charge is 0.182 e. The highest BCUT2D eigenvalue weighted by atomic mass is 15.1. The zero-order valence-electron chi connectivity index (χ0n) is 14.3. The minimum absolute atomic E-state index is 0.117. The molecular formula is C19H18N6. The molecule has 2 aromatic heterocycles. The summed E-state index contributed by atoms with van der Waals surface area (Å²) < 4.78 is 0. The van der Waals surface area contributed by atoms with E-state index in [1.807, 2.05) is 30.5 Å². The third-order valence-electron chi connectivity index (χ3n) is 3.55. The number of nitrogens with zero attached hydrogens (tertiary/aromatic N) is 3. The van der Waals surface area contributed by atoms with Gasteiger partial charge in [0, 0.05) is 17.0 Å². The van der Waals surface area contributed by atoms with Crippen molar-refractivity contribution in [2.45, 2.75) is 20.8 Å². The van der Waals surface area contributed by atoms with Crippen LogP contribution in [-0.2, 0) is 0 Å². The fourth-order valence-corrected chi connectivity index (χ4v) is 2.40. The van der Waals surface area contributed by atoms with Crippen LogP contribution in [0, 0.1) is 28.7 Å². The molecule has 1 aromatic carbocycles. The Balaban J connectivity index is 2.19. The molecule has 2 heterocycles. The van der Waals surface area contributed by atoms with Crippen LogP contribution >= 0.6 is 0 Å². The number of benzene rings is 1. The van der Waals surface area contributed by atoms with Crippen LogP contribution in [0.4, 0.5) is 11.6 Å². The maximum Gasteiger partial charge on any atom is 0.182 e. The predicted molar refractivity (Wildman–Crippen MR) is 99.3 cm³/mol. The number of nitrogens with two attached hydrogens (primary N) is 1. The first-order valence-electron chi connectivity index (χ1n) is 7.80. The van der Waals surface area contributed by atoms with E-state index in [0.29, 0.717) is 11.6 Å². The van der Waals surface area contributed by atoms with Gasteiger partial charge in [0.1, 0.15) is 5.82 Å². The first-order valence-corrected chi connectivity index (χ1v) is 7.80. The maximum absolute atomic E-state index is 8.77. The van der Waals surface area contributed by atoms with Crippen LogP contribution in [0.1, 0.15) is 26.3 Å². The van der Waals surface area contributed by atoms with Crippen LogP contribution in [0.5, 0.6) is 0 Å². The molecule has 0 unspecified atom stereocenters. The molecule has 0 aliphatic heterocycles. The second-order valence-corrected chi connectivity index (χ2v) is 6.72. The number of nitrogens with one attached hydrogen (secondary N) is 2. The van der Waals surface area contributed by atoms with E-state index < -0.39 is 0 Å². The van der Waals surface area contributed by atoms with E-state index >= 15 is 0 Å². The van der Waals surface area contributed by atoms with Gasteiger partial charge in [-0.3, -0.25) is 10.4 Å². The second-order valence-electron chi connectivity index (χ2n) is 6.72. The highest BCUT2D eigenvalue weighted by Gasteiger charge is 2.11. The molecule has 0 bridgehead atoms. The quantitative estimate of drug-likeness (QED) is 0.379. The first kappa shape index (κ1) is 16.4. The predicted octanol–water partition coefficient (Wildman–Crippen LogP) is 3.50. The van der Waals surface area contributed by atoms with Gasteiger partial charge in [-0.25, -0.2) is 4.98 Å². The summed E-state index contributed by atoms with van der Waals surface area (Å²) in [4.78, 5) is 4.11. The molecule has 25 heavy (non-hydrogen) atoms. The van der Waals surface area contributed by atoms with Crippen molar-refractivity contribution < 1.29 is 0 Å². The molecule has 0 radical (unpaired) electrons. The van der Waals surface area contributed by atoms with Crippen molar-refractivity contribution in [2.75, 3.05) is 11.1 Å². The van der Waals surface area contributed by atoms with Gasteiger partial charge in [-0.1, -0.05) is 11.8 Å². The van der Waals surface area contributed by atoms with Crippen molar-refractivity contribution in [3.05, 3.63) is 36.0 Å². The van der Waals surface area contributed by atoms with Gasteiger partial charge in [0.25, 0.3) is 0 Å². The lowest BCUT2D eigenvalue weighted by atomic mass is 9.96. The van der Waals surface area contributed by atoms with E-state index in [0.717, 1.165) is 27.6 Å². The number of aromatic nitrogens is 3. The van der Waals surface area contributed by atoms with E-state index in [4.69, 9.17) is 11.0 Å². The summed E-state index contributed by atoms with van der Waals surface area (Å²) in [6.45, 7) is 6.18. The largest absolute Gasteiger partial charge is 0.382 e. The average Bonchev–Trinajstić information content (AvgIpc) is 2.94. The van der Waals surface area contributed by atoms with Crippen LogP contribution in [0.3, 0.4) is 0 Å². The lowest BCUT2D eigenvalue weighted by Gasteiger charge is -2.08. The van der Waals surface area contributed by atoms with Gasteiger partial charge in [0.05, 0.1) is 11.1 Å². The first-order chi connectivity index (χ1) is 11.9. The third kappa shape index (κ3) is 3.54. The number of H-pyrrole nitrogens is 1. The Morgan fingerprint density at radius 2 is 2.00 bits per heavy atom. The number of anilines is 2. The van der Waals surface area contributed by atoms with Gasteiger partial charge in [0.2, 0.25) is 0 Å². The molecule has 6 heteroatoms. The van der Waals surface area contributed by atoms with E-state index in [1.54, 1.807) is 6.20 Å². The van der Waals surface area contributed by atoms with Gasteiger partial charge in [-0.05, 0) is 56.2 Å². The maximum atomic E-state index is 8.77.